The van der Waals surface area contributed by atoms with Gasteiger partial charge in [0.05, 0.1) is 11.7 Å². The molecule has 0 atom stereocenters. The van der Waals surface area contributed by atoms with Crippen LogP contribution < -0.4 is 4.74 Å². The van der Waals surface area contributed by atoms with Crippen LogP contribution in [0.1, 0.15) is 58.9 Å². The van der Waals surface area contributed by atoms with Gasteiger partial charge in [-0.05, 0) is 51.5 Å². The van der Waals surface area contributed by atoms with Crippen LogP contribution in [0.3, 0.4) is 0 Å². The molecule has 1 aromatic carbocycles. The lowest BCUT2D eigenvalue weighted by Gasteiger charge is -2.39. The highest BCUT2D eigenvalue weighted by molar-refractivity contribution is 5.38. The Hall–Kier alpha value is -1.46. The number of hydrogen-bond donors (Lipinski definition) is 0. The molecule has 0 saturated heterocycles. The van der Waals surface area contributed by atoms with Gasteiger partial charge >= 0.3 is 0 Å². The monoisotopic (exact) mass is 286 g/mol. The zero-order chi connectivity index (χ0) is 15.3. The number of ether oxygens (including phenoxy) is 2. The summed E-state index contributed by atoms with van der Waals surface area (Å²) >= 11 is 0. The van der Waals surface area contributed by atoms with Gasteiger partial charge in [-0.25, -0.2) is 0 Å². The molecule has 2 rings (SSSR count). The van der Waals surface area contributed by atoms with Crippen LogP contribution in [0.5, 0.6) is 5.75 Å². The van der Waals surface area contributed by atoms with E-state index in [1.165, 1.54) is 0 Å². The predicted molar refractivity (Wildman–Crippen MR) is 86.5 cm³/mol. The van der Waals surface area contributed by atoms with Gasteiger partial charge in [-0.1, -0.05) is 18.8 Å². The Labute approximate surface area is 128 Å². The molecule has 0 N–H and O–H groups in total. The van der Waals surface area contributed by atoms with Crippen LogP contribution >= 0.6 is 0 Å². The van der Waals surface area contributed by atoms with E-state index in [0.29, 0.717) is 6.10 Å². The quantitative estimate of drug-likeness (QED) is 0.755. The van der Waals surface area contributed by atoms with Crippen molar-refractivity contribution in [3.05, 3.63) is 29.8 Å². The van der Waals surface area contributed by atoms with Gasteiger partial charge in [-0.15, -0.1) is 0 Å². The maximum Gasteiger partial charge on any atom is 0.119 e. The van der Waals surface area contributed by atoms with E-state index in [-0.39, 0.29) is 11.7 Å². The first-order valence-electron chi connectivity index (χ1n) is 7.89. The summed E-state index contributed by atoms with van der Waals surface area (Å²) in [5, 5.41) is 0. The minimum absolute atomic E-state index is 0.0611. The maximum absolute atomic E-state index is 5.95. The minimum Gasteiger partial charge on any atom is -0.490 e. The average molecular weight is 286 g/mol. The summed E-state index contributed by atoms with van der Waals surface area (Å²) in [5.41, 5.74) is 0.993. The van der Waals surface area contributed by atoms with E-state index in [2.05, 4.69) is 39.5 Å². The van der Waals surface area contributed by atoms with Crippen molar-refractivity contribution >= 4 is 0 Å². The third-order valence-corrected chi connectivity index (χ3v) is 3.34. The van der Waals surface area contributed by atoms with Gasteiger partial charge in [0, 0.05) is 24.8 Å². The molecule has 1 aromatic rings. The van der Waals surface area contributed by atoms with E-state index in [1.54, 1.807) is 0 Å². The summed E-state index contributed by atoms with van der Waals surface area (Å²) < 4.78 is 11.9. The first kappa shape index (κ1) is 15.9. The highest BCUT2D eigenvalue weighted by Crippen LogP contribution is 2.31. The molecule has 0 unspecified atom stereocenters. The highest BCUT2D eigenvalue weighted by Gasteiger charge is 2.34. The van der Waals surface area contributed by atoms with Crippen LogP contribution in [0.2, 0.25) is 0 Å². The van der Waals surface area contributed by atoms with Gasteiger partial charge < -0.3 is 9.47 Å². The first-order valence-corrected chi connectivity index (χ1v) is 7.89. The molecule has 21 heavy (non-hydrogen) atoms. The Morgan fingerprint density at radius 2 is 1.76 bits per heavy atom. The summed E-state index contributed by atoms with van der Waals surface area (Å²) in [4.78, 5) is 0. The molecule has 1 aliphatic rings. The van der Waals surface area contributed by atoms with E-state index in [9.17, 15) is 0 Å². The molecule has 0 heterocycles. The number of benzene rings is 1. The number of unbranched alkanes of at least 4 members (excludes halogenated alkanes) is 1. The lowest BCUT2D eigenvalue weighted by atomic mass is 9.91. The van der Waals surface area contributed by atoms with Crippen LogP contribution in [0.25, 0.3) is 0 Å². The average Bonchev–Trinajstić information content (AvgIpc) is 2.37. The van der Waals surface area contributed by atoms with Crippen LogP contribution in [-0.2, 0) is 4.74 Å². The maximum atomic E-state index is 5.95. The van der Waals surface area contributed by atoms with Crippen LogP contribution in [0.15, 0.2) is 24.3 Å². The normalized spacial score (nSPS) is 21.1. The van der Waals surface area contributed by atoms with Gasteiger partial charge in [0.1, 0.15) is 11.9 Å². The van der Waals surface area contributed by atoms with Crippen molar-refractivity contribution in [2.45, 2.75) is 71.2 Å². The van der Waals surface area contributed by atoms with Crippen molar-refractivity contribution < 1.29 is 9.47 Å². The predicted octanol–water partition coefficient (Wildman–Crippen LogP) is 4.56. The van der Waals surface area contributed by atoms with Crippen LogP contribution in [0.4, 0.5) is 0 Å². The van der Waals surface area contributed by atoms with Gasteiger partial charge in [0.15, 0.2) is 0 Å². The third kappa shape index (κ3) is 5.44. The lowest BCUT2D eigenvalue weighted by molar-refractivity contribution is -0.126. The first-order chi connectivity index (χ1) is 9.96. The van der Waals surface area contributed by atoms with Crippen molar-refractivity contribution in [3.8, 4) is 17.6 Å². The fraction of sp³-hybridized carbons (Fsp3) is 0.579. The number of rotatable bonds is 4. The largest absolute Gasteiger partial charge is 0.490 e. The summed E-state index contributed by atoms with van der Waals surface area (Å²) in [7, 11) is 0. The molecule has 0 amide bonds. The molecular weight excluding hydrogens is 260 g/mol. The highest BCUT2D eigenvalue weighted by atomic mass is 16.5. The molecule has 0 aliphatic heterocycles. The minimum atomic E-state index is -0.0611. The van der Waals surface area contributed by atoms with Gasteiger partial charge in [0.2, 0.25) is 0 Å². The molecule has 2 nitrogen and oxygen atoms in total. The van der Waals surface area contributed by atoms with E-state index in [1.807, 2.05) is 24.3 Å². The fourth-order valence-electron chi connectivity index (χ4n) is 2.31. The van der Waals surface area contributed by atoms with Crippen molar-refractivity contribution in [3.63, 3.8) is 0 Å². The van der Waals surface area contributed by atoms with Gasteiger partial charge in [-0.3, -0.25) is 0 Å². The zero-order valence-corrected chi connectivity index (χ0v) is 13.6. The molecular formula is C19H26O2. The van der Waals surface area contributed by atoms with E-state index >= 15 is 0 Å². The van der Waals surface area contributed by atoms with Crippen molar-refractivity contribution in [2.24, 2.45) is 0 Å². The van der Waals surface area contributed by atoms with Gasteiger partial charge in [-0.2, -0.15) is 0 Å². The van der Waals surface area contributed by atoms with Crippen molar-refractivity contribution in [1.29, 1.82) is 0 Å². The standard InChI is InChI=1S/C19H26O2/c1-5-6-7-8-15-9-11-16(12-10-15)20-17-13-18(14-17)21-19(2,3)4/h9-12,17-18H,5-6,13-14H2,1-4H3. The van der Waals surface area contributed by atoms with Crippen LogP contribution in [0, 0.1) is 11.8 Å². The molecule has 1 fully saturated rings. The second-order valence-corrected chi connectivity index (χ2v) is 6.64. The Balaban J connectivity index is 1.77. The fourth-order valence-corrected chi connectivity index (χ4v) is 2.31. The molecule has 1 saturated carbocycles. The zero-order valence-electron chi connectivity index (χ0n) is 13.6. The lowest BCUT2D eigenvalue weighted by Crippen LogP contribution is -2.43. The summed E-state index contributed by atoms with van der Waals surface area (Å²) in [6.45, 7) is 8.43. The summed E-state index contributed by atoms with van der Waals surface area (Å²) in [5.74, 6) is 7.24. The number of hydrogen-bond acceptors (Lipinski definition) is 2. The van der Waals surface area contributed by atoms with Crippen LogP contribution in [-0.4, -0.2) is 17.8 Å². The second kappa shape index (κ2) is 7.00. The Bertz CT molecular complexity index is 493. The Morgan fingerprint density at radius 1 is 1.10 bits per heavy atom. The Morgan fingerprint density at radius 3 is 2.33 bits per heavy atom. The summed E-state index contributed by atoms with van der Waals surface area (Å²) in [6, 6.07) is 8.07. The molecule has 114 valence electrons. The van der Waals surface area contributed by atoms with Gasteiger partial charge in [0.25, 0.3) is 0 Å². The summed E-state index contributed by atoms with van der Waals surface area (Å²) in [6.07, 6.45) is 4.65. The van der Waals surface area contributed by atoms with Crippen molar-refractivity contribution in [2.75, 3.05) is 0 Å². The molecule has 1 aliphatic carbocycles. The SMILES string of the molecule is CCCC#Cc1ccc(OC2CC(OC(C)(C)C)C2)cc1. The molecule has 2 heteroatoms. The third-order valence-electron chi connectivity index (χ3n) is 3.34. The van der Waals surface area contributed by atoms with E-state index in [4.69, 9.17) is 9.47 Å². The molecule has 0 radical (unpaired) electrons. The second-order valence-electron chi connectivity index (χ2n) is 6.64. The van der Waals surface area contributed by atoms with E-state index < -0.39 is 0 Å². The van der Waals surface area contributed by atoms with E-state index in [0.717, 1.165) is 37.0 Å². The Kier molecular flexibility index (Phi) is 5.31. The molecule has 0 spiro atoms. The molecule has 0 bridgehead atoms. The molecule has 0 aromatic heterocycles. The van der Waals surface area contributed by atoms with Crippen molar-refractivity contribution in [1.82, 2.24) is 0 Å². The smallest absolute Gasteiger partial charge is 0.119 e. The topological polar surface area (TPSA) is 18.5 Å².